The molecule has 0 amide bonds. The highest BCUT2D eigenvalue weighted by Gasteiger charge is 2.27. The summed E-state index contributed by atoms with van der Waals surface area (Å²) in [7, 11) is 0. The molecule has 0 heterocycles. The summed E-state index contributed by atoms with van der Waals surface area (Å²) in [5.41, 5.74) is 0. The minimum atomic E-state index is -0.819. The first-order valence-electron chi connectivity index (χ1n) is 12.1. The average molecular weight is 445 g/mol. The van der Waals surface area contributed by atoms with Crippen LogP contribution in [0.15, 0.2) is 60.8 Å². The third-order valence-corrected chi connectivity index (χ3v) is 4.51. The van der Waals surface area contributed by atoms with Gasteiger partial charge in [-0.1, -0.05) is 88.0 Å². The Hall–Kier alpha value is -2.36. The molecular weight excluding hydrogens is 400 g/mol. The van der Waals surface area contributed by atoms with E-state index in [0.717, 1.165) is 32.1 Å². The summed E-state index contributed by atoms with van der Waals surface area (Å²) in [6, 6.07) is 0. The largest absolute Gasteiger partial charge is 0.463 e. The van der Waals surface area contributed by atoms with Gasteiger partial charge < -0.3 is 9.47 Å². The van der Waals surface area contributed by atoms with E-state index in [4.69, 9.17) is 9.47 Å². The van der Waals surface area contributed by atoms with Crippen molar-refractivity contribution in [2.24, 2.45) is 5.92 Å². The Bertz CT molecular complexity index is 623. The van der Waals surface area contributed by atoms with Gasteiger partial charge in [-0.2, -0.15) is 0 Å². The van der Waals surface area contributed by atoms with Crippen molar-refractivity contribution >= 4 is 11.9 Å². The van der Waals surface area contributed by atoms with Crippen LogP contribution in [0.4, 0.5) is 0 Å². The molecule has 0 spiro atoms. The lowest BCUT2D eigenvalue weighted by Gasteiger charge is -2.19. The molecule has 4 nitrogen and oxygen atoms in total. The van der Waals surface area contributed by atoms with Crippen LogP contribution in [0.5, 0.6) is 0 Å². The van der Waals surface area contributed by atoms with E-state index in [1.165, 1.54) is 12.8 Å². The predicted molar refractivity (Wildman–Crippen MR) is 134 cm³/mol. The van der Waals surface area contributed by atoms with E-state index in [9.17, 15) is 9.59 Å². The van der Waals surface area contributed by atoms with Crippen molar-refractivity contribution < 1.29 is 19.1 Å². The quantitative estimate of drug-likeness (QED) is 0.125. The van der Waals surface area contributed by atoms with Gasteiger partial charge >= 0.3 is 11.9 Å². The zero-order valence-electron chi connectivity index (χ0n) is 20.6. The molecule has 0 saturated carbocycles. The summed E-state index contributed by atoms with van der Waals surface area (Å²) in [5.74, 6) is -0.919. The molecule has 1 unspecified atom stereocenters. The molecule has 0 aliphatic rings. The van der Waals surface area contributed by atoms with Crippen molar-refractivity contribution in [3.8, 4) is 0 Å². The highest BCUT2D eigenvalue weighted by Crippen LogP contribution is 2.11. The van der Waals surface area contributed by atoms with Gasteiger partial charge in [-0.25, -0.2) is 4.79 Å². The van der Waals surface area contributed by atoms with Gasteiger partial charge in [0.1, 0.15) is 0 Å². The van der Waals surface area contributed by atoms with Gasteiger partial charge in [-0.15, -0.1) is 0 Å². The van der Waals surface area contributed by atoms with Crippen LogP contribution in [0.25, 0.3) is 0 Å². The Kier molecular flexibility index (Phi) is 20.2. The first-order valence-corrected chi connectivity index (χ1v) is 12.1. The third-order valence-electron chi connectivity index (χ3n) is 4.51. The van der Waals surface area contributed by atoms with E-state index >= 15 is 0 Å². The minimum Gasteiger partial charge on any atom is -0.463 e. The minimum absolute atomic E-state index is 0.103. The highest BCUT2D eigenvalue weighted by molar-refractivity contribution is 5.79. The molecule has 0 fully saturated rings. The van der Waals surface area contributed by atoms with Crippen LogP contribution in [0.1, 0.15) is 85.5 Å². The highest BCUT2D eigenvalue weighted by atomic mass is 16.6. The van der Waals surface area contributed by atoms with Crippen molar-refractivity contribution in [3.05, 3.63) is 60.8 Å². The van der Waals surface area contributed by atoms with E-state index in [2.05, 4.69) is 67.7 Å². The number of carbonyl (C=O) groups is 2. The topological polar surface area (TPSA) is 52.6 Å². The third kappa shape index (κ3) is 18.4. The molecule has 180 valence electrons. The van der Waals surface area contributed by atoms with Crippen LogP contribution in [-0.2, 0) is 19.1 Å². The molecule has 1 atom stereocenters. The van der Waals surface area contributed by atoms with E-state index in [1.54, 1.807) is 6.92 Å². The van der Waals surface area contributed by atoms with Crippen LogP contribution in [0, 0.1) is 5.92 Å². The van der Waals surface area contributed by atoms with E-state index in [1.807, 2.05) is 13.8 Å². The Morgan fingerprint density at radius 2 is 1.19 bits per heavy atom. The van der Waals surface area contributed by atoms with E-state index < -0.39 is 12.1 Å². The Morgan fingerprint density at radius 1 is 0.719 bits per heavy atom. The Morgan fingerprint density at radius 3 is 1.62 bits per heavy atom. The zero-order chi connectivity index (χ0) is 23.9. The van der Waals surface area contributed by atoms with Gasteiger partial charge in [0.25, 0.3) is 0 Å². The second-order valence-corrected chi connectivity index (χ2v) is 7.89. The van der Waals surface area contributed by atoms with Crippen molar-refractivity contribution in [2.75, 3.05) is 6.61 Å². The standard InChI is InChI=1S/C28H44O4/c1-5-7-8-9-10-11-12-13-14-15-16-17-18-19-20-21-22-23-24-26(29)32-27(25(3)4)28(30)31-6-2/h8-9,11-12,14-15,17-18,20-21,25,27H,5-7,10,13,16,19,22-24H2,1-4H3/b9-8-,12-11-,15-14-,18-17-,21-20+. The number of ether oxygens (including phenoxy) is 2. The lowest BCUT2D eigenvalue weighted by Crippen LogP contribution is -2.33. The maximum Gasteiger partial charge on any atom is 0.347 e. The van der Waals surface area contributed by atoms with Crippen LogP contribution >= 0.6 is 0 Å². The maximum absolute atomic E-state index is 12.0. The number of hydrogen-bond donors (Lipinski definition) is 0. The van der Waals surface area contributed by atoms with Crippen molar-refractivity contribution in [1.82, 2.24) is 0 Å². The summed E-state index contributed by atoms with van der Waals surface area (Å²) in [6.45, 7) is 7.89. The summed E-state index contributed by atoms with van der Waals surface area (Å²) in [6.07, 6.45) is 29.0. The normalized spacial score (nSPS) is 13.4. The van der Waals surface area contributed by atoms with Crippen LogP contribution in [0.2, 0.25) is 0 Å². The van der Waals surface area contributed by atoms with Gasteiger partial charge in [-0.3, -0.25) is 4.79 Å². The van der Waals surface area contributed by atoms with Crippen molar-refractivity contribution in [2.45, 2.75) is 91.6 Å². The number of hydrogen-bond acceptors (Lipinski definition) is 4. The summed E-state index contributed by atoms with van der Waals surface area (Å²) in [5, 5.41) is 0. The maximum atomic E-state index is 12.0. The van der Waals surface area contributed by atoms with Crippen molar-refractivity contribution in [1.29, 1.82) is 0 Å². The molecule has 0 aromatic rings. The predicted octanol–water partition coefficient (Wildman–Crippen LogP) is 7.43. The fraction of sp³-hybridized carbons (Fsp3) is 0.571. The molecule has 0 aliphatic carbocycles. The van der Waals surface area contributed by atoms with Crippen LogP contribution in [-0.4, -0.2) is 24.6 Å². The van der Waals surface area contributed by atoms with Crippen LogP contribution < -0.4 is 0 Å². The number of carbonyl (C=O) groups excluding carboxylic acids is 2. The second-order valence-electron chi connectivity index (χ2n) is 7.89. The van der Waals surface area contributed by atoms with E-state index in [-0.39, 0.29) is 18.5 Å². The number of esters is 2. The Balaban J connectivity index is 3.82. The number of unbranched alkanes of at least 4 members (excludes halogenated alkanes) is 2. The summed E-state index contributed by atoms with van der Waals surface area (Å²) in [4.78, 5) is 23.8. The monoisotopic (exact) mass is 444 g/mol. The molecule has 0 radical (unpaired) electrons. The lowest BCUT2D eigenvalue weighted by molar-refractivity contribution is -0.170. The summed E-state index contributed by atoms with van der Waals surface area (Å²) < 4.78 is 10.3. The molecule has 0 aliphatic heterocycles. The molecule has 32 heavy (non-hydrogen) atoms. The van der Waals surface area contributed by atoms with Gasteiger partial charge in [0.05, 0.1) is 6.61 Å². The molecule has 0 N–H and O–H groups in total. The van der Waals surface area contributed by atoms with E-state index in [0.29, 0.717) is 12.8 Å². The van der Waals surface area contributed by atoms with Gasteiger partial charge in [-0.05, 0) is 51.9 Å². The molecule has 0 aromatic heterocycles. The molecule has 0 aromatic carbocycles. The zero-order valence-corrected chi connectivity index (χ0v) is 20.6. The lowest BCUT2D eigenvalue weighted by atomic mass is 10.1. The molecule has 4 heteroatoms. The number of rotatable bonds is 18. The van der Waals surface area contributed by atoms with Gasteiger partial charge in [0.2, 0.25) is 6.10 Å². The second kappa shape index (κ2) is 21.9. The molecular formula is C28H44O4. The molecule has 0 rings (SSSR count). The Labute approximate surface area is 196 Å². The smallest absolute Gasteiger partial charge is 0.347 e. The molecule has 0 saturated heterocycles. The van der Waals surface area contributed by atoms with Gasteiger partial charge in [0, 0.05) is 12.3 Å². The fourth-order valence-electron chi connectivity index (χ4n) is 2.73. The SMILES string of the molecule is CCC/C=C\C/C=C\C/C=C\C/C=C\C/C=C/CCCC(=O)OC(C(=O)OCC)C(C)C. The van der Waals surface area contributed by atoms with Crippen LogP contribution in [0.3, 0.4) is 0 Å². The molecule has 0 bridgehead atoms. The average Bonchev–Trinajstić information content (AvgIpc) is 2.76. The fourth-order valence-corrected chi connectivity index (χ4v) is 2.73. The van der Waals surface area contributed by atoms with Crippen molar-refractivity contribution in [3.63, 3.8) is 0 Å². The first-order chi connectivity index (χ1) is 15.5. The first kappa shape index (κ1) is 29.6. The number of allylic oxidation sites excluding steroid dienone is 10. The van der Waals surface area contributed by atoms with Gasteiger partial charge in [0.15, 0.2) is 0 Å². The summed E-state index contributed by atoms with van der Waals surface area (Å²) >= 11 is 0.